The number of thioether (sulfide) groups is 1. The number of thiazole rings is 1. The van der Waals surface area contributed by atoms with E-state index in [1.165, 1.54) is 17.5 Å². The summed E-state index contributed by atoms with van der Waals surface area (Å²) in [6.45, 7) is 7.18. The van der Waals surface area contributed by atoms with Crippen molar-refractivity contribution in [1.82, 2.24) is 15.2 Å². The van der Waals surface area contributed by atoms with Crippen molar-refractivity contribution >= 4 is 65.9 Å². The van der Waals surface area contributed by atoms with Gasteiger partial charge in [-0.3, -0.25) is 14.9 Å². The highest BCUT2D eigenvalue weighted by Crippen LogP contribution is 2.36. The third-order valence-corrected chi connectivity index (χ3v) is 7.97. The Morgan fingerprint density at radius 1 is 1.22 bits per heavy atom. The molecule has 3 amide bonds. The maximum absolute atomic E-state index is 13.4. The van der Waals surface area contributed by atoms with Crippen LogP contribution in [0.1, 0.15) is 55.7 Å². The number of fused-ring (bicyclic) bond motifs is 1. The molecule has 1 aromatic carbocycles. The van der Waals surface area contributed by atoms with Gasteiger partial charge in [-0.05, 0) is 50.5 Å². The molecule has 0 saturated carbocycles. The molecule has 2 aliphatic heterocycles. The first-order chi connectivity index (χ1) is 19.5. The van der Waals surface area contributed by atoms with E-state index in [4.69, 9.17) is 17.6 Å². The van der Waals surface area contributed by atoms with Crippen LogP contribution in [0.2, 0.25) is 0 Å². The lowest BCUT2D eigenvalue weighted by molar-refractivity contribution is -0.143. The largest absolute Gasteiger partial charge is 0.540 e. The van der Waals surface area contributed by atoms with Crippen molar-refractivity contribution in [3.05, 3.63) is 58.2 Å². The topological polar surface area (TPSA) is 149 Å². The molecule has 2 N–H and O–H groups in total. The van der Waals surface area contributed by atoms with Gasteiger partial charge in [0.25, 0.3) is 11.8 Å². The fourth-order valence-corrected chi connectivity index (χ4v) is 5.82. The van der Waals surface area contributed by atoms with Gasteiger partial charge in [-0.15, -0.1) is 23.1 Å². The molecule has 12 nitrogen and oxygen atoms in total. The number of ether oxygens (including phenoxy) is 1. The maximum Gasteiger partial charge on any atom is 0.413 e. The average molecular weight is 597 g/mol. The first kappa shape index (κ1) is 30.1. The first-order valence-corrected chi connectivity index (χ1v) is 14.5. The standard InChI is InChI=1S/C26H28BN5O7S2/c1-5-14-10-32-21(34)19(22(32)40-12-14)29-20(33)18(17-13-41-24(28-17)30-25(36)38-26(2,3)4)31-37-11-15-6-8-16(9-7-15)23(35)39-27/h6-10,13,19,22H,5,11-12H2,1-4H3,(H,29,33)(H,28,30,36)/b31-18-/t19-,22-/m1/s1. The lowest BCUT2D eigenvalue weighted by Crippen LogP contribution is -2.69. The summed E-state index contributed by atoms with van der Waals surface area (Å²) in [5.41, 5.74) is 1.30. The van der Waals surface area contributed by atoms with Gasteiger partial charge in [-0.1, -0.05) is 24.2 Å². The van der Waals surface area contributed by atoms with E-state index in [9.17, 15) is 19.2 Å². The molecular formula is C26H28BN5O7S2. The minimum atomic E-state index is -0.736. The molecule has 0 bridgehead atoms. The number of anilines is 1. The van der Waals surface area contributed by atoms with Crippen LogP contribution in [-0.2, 0) is 30.4 Å². The number of carbonyl (C=O) groups excluding carboxylic acids is 4. The van der Waals surface area contributed by atoms with Crippen molar-refractivity contribution in [2.75, 3.05) is 11.1 Å². The Morgan fingerprint density at radius 2 is 1.95 bits per heavy atom. The fraction of sp³-hybridized carbons (Fsp3) is 0.385. The van der Waals surface area contributed by atoms with Crippen molar-refractivity contribution in [2.24, 2.45) is 5.16 Å². The summed E-state index contributed by atoms with van der Waals surface area (Å²) in [5, 5.41) is 10.8. The number of hydrogen-bond acceptors (Lipinski definition) is 11. The Balaban J connectivity index is 1.49. The number of benzene rings is 1. The van der Waals surface area contributed by atoms with Crippen LogP contribution in [0.5, 0.6) is 0 Å². The molecule has 15 heteroatoms. The van der Waals surface area contributed by atoms with Gasteiger partial charge in [0.05, 0.1) is 5.56 Å². The second kappa shape index (κ2) is 12.8. The number of β-lactam (4-membered cyclic amide) rings is 1. The lowest BCUT2D eigenvalue weighted by atomic mass is 10.1. The quantitative estimate of drug-likeness (QED) is 0.192. The number of carbonyl (C=O) groups is 4. The lowest BCUT2D eigenvalue weighted by Gasteiger charge is -2.47. The van der Waals surface area contributed by atoms with Crippen LogP contribution in [0.3, 0.4) is 0 Å². The third-order valence-electron chi connectivity index (χ3n) is 5.84. The molecule has 1 aromatic heterocycles. The van der Waals surface area contributed by atoms with Crippen LogP contribution in [0.4, 0.5) is 9.93 Å². The number of hydrogen-bond donors (Lipinski definition) is 2. The van der Waals surface area contributed by atoms with E-state index in [0.717, 1.165) is 29.1 Å². The Bertz CT molecular complexity index is 1390. The van der Waals surface area contributed by atoms with E-state index in [0.29, 0.717) is 5.56 Å². The molecule has 0 unspecified atom stereocenters. The third kappa shape index (κ3) is 7.47. The van der Waals surface area contributed by atoms with Gasteiger partial charge in [-0.2, -0.15) is 0 Å². The second-order valence-electron chi connectivity index (χ2n) is 10.0. The normalized spacial score (nSPS) is 18.4. The molecule has 2 radical (unpaired) electrons. The molecule has 2 aliphatic rings. The van der Waals surface area contributed by atoms with Gasteiger partial charge in [0, 0.05) is 17.3 Å². The van der Waals surface area contributed by atoms with Crippen molar-refractivity contribution < 1.29 is 33.4 Å². The maximum atomic E-state index is 13.4. The fourth-order valence-electron chi connectivity index (χ4n) is 3.77. The van der Waals surface area contributed by atoms with Crippen LogP contribution >= 0.6 is 23.1 Å². The smallest absolute Gasteiger partial charge is 0.413 e. The van der Waals surface area contributed by atoms with Crippen molar-refractivity contribution in [3.8, 4) is 0 Å². The Labute approximate surface area is 246 Å². The molecule has 41 heavy (non-hydrogen) atoms. The van der Waals surface area contributed by atoms with Gasteiger partial charge in [0.1, 0.15) is 29.3 Å². The molecular weight excluding hydrogens is 569 g/mol. The Hall–Kier alpha value is -3.85. The van der Waals surface area contributed by atoms with Crippen LogP contribution in [0.25, 0.3) is 0 Å². The average Bonchev–Trinajstić information content (AvgIpc) is 3.39. The summed E-state index contributed by atoms with van der Waals surface area (Å²) in [7, 11) is 4.91. The van der Waals surface area contributed by atoms with Gasteiger partial charge < -0.3 is 24.4 Å². The molecule has 3 heterocycles. The van der Waals surface area contributed by atoms with E-state index in [2.05, 4.69) is 25.4 Å². The van der Waals surface area contributed by atoms with E-state index in [-0.39, 0.29) is 40.0 Å². The summed E-state index contributed by atoms with van der Waals surface area (Å²) >= 11 is 2.64. The second-order valence-corrected chi connectivity index (χ2v) is 12.0. The first-order valence-electron chi connectivity index (χ1n) is 12.6. The highest BCUT2D eigenvalue weighted by atomic mass is 32.2. The summed E-state index contributed by atoms with van der Waals surface area (Å²) in [6, 6.07) is 5.52. The SMILES string of the molecule is [B]OC(=O)c1ccc(CO/N=C(\C(=O)N[C@@H]2C(=O)N3C=C(CC)CS[C@H]23)c2csc(NC(=O)OC(C)(C)C)n2)cc1. The summed E-state index contributed by atoms with van der Waals surface area (Å²) < 4.78 is 9.46. The molecule has 1 saturated heterocycles. The van der Waals surface area contributed by atoms with E-state index in [1.807, 2.05) is 13.1 Å². The summed E-state index contributed by atoms with van der Waals surface area (Å²) in [6.07, 6.45) is 1.99. The minimum absolute atomic E-state index is 0.0406. The predicted molar refractivity (Wildman–Crippen MR) is 154 cm³/mol. The van der Waals surface area contributed by atoms with Crippen LogP contribution < -0.4 is 10.6 Å². The molecule has 2 aromatic rings. The number of nitrogens with one attached hydrogen (secondary N) is 2. The van der Waals surface area contributed by atoms with Crippen LogP contribution in [-0.4, -0.2) is 70.3 Å². The molecule has 0 aliphatic carbocycles. The Morgan fingerprint density at radius 3 is 2.61 bits per heavy atom. The monoisotopic (exact) mass is 597 g/mol. The van der Waals surface area contributed by atoms with Crippen LogP contribution in [0, 0.1) is 0 Å². The zero-order valence-electron chi connectivity index (χ0n) is 22.8. The van der Waals surface area contributed by atoms with E-state index >= 15 is 0 Å². The van der Waals surface area contributed by atoms with Crippen LogP contribution in [0.15, 0.2) is 46.6 Å². The molecule has 0 spiro atoms. The van der Waals surface area contributed by atoms with Gasteiger partial charge >= 0.3 is 20.1 Å². The molecule has 4 rings (SSSR count). The highest BCUT2D eigenvalue weighted by molar-refractivity contribution is 8.00. The molecule has 214 valence electrons. The van der Waals surface area contributed by atoms with Crippen molar-refractivity contribution in [2.45, 2.75) is 57.7 Å². The number of aromatic nitrogens is 1. The van der Waals surface area contributed by atoms with E-state index in [1.54, 1.807) is 49.6 Å². The van der Waals surface area contributed by atoms with Crippen molar-refractivity contribution in [3.63, 3.8) is 0 Å². The summed E-state index contributed by atoms with van der Waals surface area (Å²) in [4.78, 5) is 61.2. The van der Waals surface area contributed by atoms with Gasteiger partial charge in [0.15, 0.2) is 10.8 Å². The molecule has 2 atom stereocenters. The van der Waals surface area contributed by atoms with E-state index < -0.39 is 29.6 Å². The minimum Gasteiger partial charge on any atom is -0.540 e. The number of rotatable bonds is 9. The zero-order valence-corrected chi connectivity index (χ0v) is 24.5. The predicted octanol–water partition coefficient (Wildman–Crippen LogP) is 3.35. The van der Waals surface area contributed by atoms with Gasteiger partial charge in [0.2, 0.25) is 0 Å². The number of amides is 3. The Kier molecular flexibility index (Phi) is 9.38. The number of nitrogens with zero attached hydrogens (tertiary/aromatic N) is 3. The number of oxime groups is 1. The summed E-state index contributed by atoms with van der Waals surface area (Å²) in [5.74, 6) is -0.794. The molecule has 1 fully saturated rings. The highest BCUT2D eigenvalue weighted by Gasteiger charge is 2.49. The van der Waals surface area contributed by atoms with Crippen molar-refractivity contribution in [1.29, 1.82) is 0 Å². The van der Waals surface area contributed by atoms with Gasteiger partial charge in [-0.25, -0.2) is 14.6 Å². The zero-order chi connectivity index (χ0) is 29.7.